The number of aliphatic hydroxyl groups is 1. The second-order valence-electron chi connectivity index (χ2n) is 5.37. The van der Waals surface area contributed by atoms with Gasteiger partial charge in [0.1, 0.15) is 0 Å². The summed E-state index contributed by atoms with van der Waals surface area (Å²) >= 11 is 5.89. The predicted octanol–water partition coefficient (Wildman–Crippen LogP) is 2.64. The molecule has 0 bridgehead atoms. The van der Waals surface area contributed by atoms with E-state index >= 15 is 0 Å². The standard InChI is InChI=1S/C18H15ClN2O3/c19-12-5-3-4-11(8-12)16(22)10-20-18(24)14-9-17(23)21-15-7-2-1-6-13(14)15/h1-9,16,22H,10H2,(H,20,24)(H,21,23). The summed E-state index contributed by atoms with van der Waals surface area (Å²) in [7, 11) is 0. The van der Waals surface area contributed by atoms with Gasteiger partial charge in [0.15, 0.2) is 0 Å². The lowest BCUT2D eigenvalue weighted by Gasteiger charge is -2.13. The molecule has 1 atom stereocenters. The summed E-state index contributed by atoms with van der Waals surface area (Å²) in [5, 5.41) is 14.0. The van der Waals surface area contributed by atoms with Crippen LogP contribution >= 0.6 is 11.6 Å². The number of nitrogens with one attached hydrogen (secondary N) is 2. The number of H-pyrrole nitrogens is 1. The van der Waals surface area contributed by atoms with Crippen LogP contribution in [0.5, 0.6) is 0 Å². The Morgan fingerprint density at radius 2 is 1.96 bits per heavy atom. The third-order valence-corrected chi connectivity index (χ3v) is 3.92. The predicted molar refractivity (Wildman–Crippen MR) is 93.3 cm³/mol. The molecule has 1 amide bonds. The lowest BCUT2D eigenvalue weighted by Crippen LogP contribution is -2.29. The van der Waals surface area contributed by atoms with Crippen molar-refractivity contribution in [3.05, 3.63) is 81.1 Å². The Bertz CT molecular complexity index is 952. The van der Waals surface area contributed by atoms with Crippen LogP contribution in [0.25, 0.3) is 10.9 Å². The van der Waals surface area contributed by atoms with E-state index in [0.717, 1.165) is 0 Å². The zero-order valence-corrected chi connectivity index (χ0v) is 13.4. The number of benzene rings is 2. The molecule has 3 aromatic rings. The third-order valence-electron chi connectivity index (χ3n) is 3.68. The number of rotatable bonds is 4. The molecule has 0 aliphatic heterocycles. The van der Waals surface area contributed by atoms with E-state index in [1.54, 1.807) is 48.5 Å². The van der Waals surface area contributed by atoms with E-state index in [2.05, 4.69) is 10.3 Å². The van der Waals surface area contributed by atoms with Gasteiger partial charge in [0.2, 0.25) is 5.56 Å². The Morgan fingerprint density at radius 1 is 1.17 bits per heavy atom. The number of carbonyl (C=O) groups excluding carboxylic acids is 1. The van der Waals surface area contributed by atoms with E-state index in [-0.39, 0.29) is 17.7 Å². The van der Waals surface area contributed by atoms with Crippen molar-refractivity contribution in [3.63, 3.8) is 0 Å². The fraction of sp³-hybridized carbons (Fsp3) is 0.111. The molecule has 3 rings (SSSR count). The highest BCUT2D eigenvalue weighted by Crippen LogP contribution is 2.18. The van der Waals surface area contributed by atoms with E-state index in [1.165, 1.54) is 6.07 Å². The number of hydrogen-bond acceptors (Lipinski definition) is 3. The van der Waals surface area contributed by atoms with E-state index in [0.29, 0.717) is 21.5 Å². The summed E-state index contributed by atoms with van der Waals surface area (Å²) in [5.74, 6) is -0.418. The SMILES string of the molecule is O=C(NCC(O)c1cccc(Cl)c1)c1cc(=O)[nH]c2ccccc12. The minimum absolute atomic E-state index is 0.0142. The van der Waals surface area contributed by atoms with Gasteiger partial charge in [-0.2, -0.15) is 0 Å². The van der Waals surface area contributed by atoms with Gasteiger partial charge in [-0.1, -0.05) is 41.9 Å². The Kier molecular flexibility index (Phi) is 4.64. The summed E-state index contributed by atoms with van der Waals surface area (Å²) in [4.78, 5) is 26.8. The molecule has 1 heterocycles. The second-order valence-corrected chi connectivity index (χ2v) is 5.81. The first-order valence-corrected chi connectivity index (χ1v) is 7.76. The highest BCUT2D eigenvalue weighted by molar-refractivity contribution is 6.30. The molecule has 24 heavy (non-hydrogen) atoms. The number of hydrogen-bond donors (Lipinski definition) is 3. The van der Waals surface area contributed by atoms with Crippen LogP contribution < -0.4 is 10.9 Å². The molecule has 6 heteroatoms. The maximum atomic E-state index is 12.4. The average molecular weight is 343 g/mol. The van der Waals surface area contributed by atoms with E-state index in [9.17, 15) is 14.7 Å². The maximum absolute atomic E-state index is 12.4. The molecule has 1 unspecified atom stereocenters. The highest BCUT2D eigenvalue weighted by atomic mass is 35.5. The number of fused-ring (bicyclic) bond motifs is 1. The number of para-hydroxylation sites is 1. The molecule has 0 saturated carbocycles. The number of carbonyl (C=O) groups is 1. The largest absolute Gasteiger partial charge is 0.387 e. The van der Waals surface area contributed by atoms with Crippen molar-refractivity contribution in [1.82, 2.24) is 10.3 Å². The number of aromatic amines is 1. The fourth-order valence-electron chi connectivity index (χ4n) is 2.51. The Balaban J connectivity index is 1.79. The van der Waals surface area contributed by atoms with Gasteiger partial charge in [-0.3, -0.25) is 9.59 Å². The molecule has 0 aliphatic rings. The Hall–Kier alpha value is -2.63. The van der Waals surface area contributed by atoms with E-state index in [4.69, 9.17) is 11.6 Å². The molecule has 0 aliphatic carbocycles. The molecule has 0 saturated heterocycles. The molecule has 0 fully saturated rings. The van der Waals surface area contributed by atoms with Gasteiger partial charge in [-0.15, -0.1) is 0 Å². The van der Waals surface area contributed by atoms with Crippen molar-refractivity contribution >= 4 is 28.4 Å². The van der Waals surface area contributed by atoms with Crippen molar-refractivity contribution in [2.75, 3.05) is 6.54 Å². The van der Waals surface area contributed by atoms with Gasteiger partial charge in [0.25, 0.3) is 5.91 Å². The average Bonchev–Trinajstić information content (AvgIpc) is 2.58. The van der Waals surface area contributed by atoms with Crippen molar-refractivity contribution < 1.29 is 9.90 Å². The molecule has 0 radical (unpaired) electrons. The van der Waals surface area contributed by atoms with Crippen molar-refractivity contribution in [2.45, 2.75) is 6.10 Å². The molecule has 1 aromatic heterocycles. The van der Waals surface area contributed by atoms with Crippen LogP contribution in [-0.2, 0) is 0 Å². The van der Waals surface area contributed by atoms with Crippen LogP contribution in [0.15, 0.2) is 59.4 Å². The molecule has 5 nitrogen and oxygen atoms in total. The summed E-state index contributed by atoms with van der Waals surface area (Å²) < 4.78 is 0. The van der Waals surface area contributed by atoms with Gasteiger partial charge < -0.3 is 15.4 Å². The van der Waals surface area contributed by atoms with Crippen molar-refractivity contribution in [2.24, 2.45) is 0 Å². The zero-order chi connectivity index (χ0) is 17.1. The molecule has 3 N–H and O–H groups in total. The Labute approximate surface area is 142 Å². The van der Waals surface area contributed by atoms with Crippen LogP contribution in [0.4, 0.5) is 0 Å². The smallest absolute Gasteiger partial charge is 0.252 e. The zero-order valence-electron chi connectivity index (χ0n) is 12.6. The van der Waals surface area contributed by atoms with Crippen molar-refractivity contribution in [3.8, 4) is 0 Å². The monoisotopic (exact) mass is 342 g/mol. The summed E-state index contributed by atoms with van der Waals surface area (Å²) in [6, 6.07) is 15.1. The van der Waals surface area contributed by atoms with Gasteiger partial charge in [0, 0.05) is 28.5 Å². The first kappa shape index (κ1) is 16.2. The normalized spacial score (nSPS) is 12.1. The first-order chi connectivity index (χ1) is 11.5. The van der Waals surface area contributed by atoms with E-state index < -0.39 is 12.0 Å². The third kappa shape index (κ3) is 3.48. The van der Waals surface area contributed by atoms with Gasteiger partial charge >= 0.3 is 0 Å². The molecular weight excluding hydrogens is 328 g/mol. The second kappa shape index (κ2) is 6.86. The van der Waals surface area contributed by atoms with E-state index in [1.807, 2.05) is 0 Å². The molecular formula is C18H15ClN2O3. The van der Waals surface area contributed by atoms with Gasteiger partial charge in [0.05, 0.1) is 11.7 Å². The van der Waals surface area contributed by atoms with Crippen LogP contribution in [-0.4, -0.2) is 22.5 Å². The fourth-order valence-corrected chi connectivity index (χ4v) is 2.71. The quantitative estimate of drug-likeness (QED) is 0.681. The lowest BCUT2D eigenvalue weighted by atomic mass is 10.1. The summed E-state index contributed by atoms with van der Waals surface area (Å²) in [5.41, 5.74) is 1.12. The first-order valence-electron chi connectivity index (χ1n) is 7.38. The molecule has 2 aromatic carbocycles. The lowest BCUT2D eigenvalue weighted by molar-refractivity contribution is 0.0918. The minimum atomic E-state index is -0.888. The van der Waals surface area contributed by atoms with Crippen LogP contribution in [0.1, 0.15) is 22.0 Å². The maximum Gasteiger partial charge on any atom is 0.252 e. The Morgan fingerprint density at radius 3 is 2.75 bits per heavy atom. The van der Waals surface area contributed by atoms with Crippen molar-refractivity contribution in [1.29, 1.82) is 0 Å². The van der Waals surface area contributed by atoms with Crippen LogP contribution in [0.2, 0.25) is 5.02 Å². The van der Waals surface area contributed by atoms with Crippen LogP contribution in [0, 0.1) is 0 Å². The minimum Gasteiger partial charge on any atom is -0.387 e. The molecule has 0 spiro atoms. The molecule has 122 valence electrons. The summed E-state index contributed by atoms with van der Waals surface area (Å²) in [6.45, 7) is 0.0142. The summed E-state index contributed by atoms with van der Waals surface area (Å²) in [6.07, 6.45) is -0.888. The van der Waals surface area contributed by atoms with Gasteiger partial charge in [-0.25, -0.2) is 0 Å². The number of amides is 1. The number of aromatic nitrogens is 1. The number of aliphatic hydroxyl groups excluding tert-OH is 1. The van der Waals surface area contributed by atoms with Crippen LogP contribution in [0.3, 0.4) is 0 Å². The number of pyridine rings is 1. The topological polar surface area (TPSA) is 82.2 Å². The number of halogens is 1. The van der Waals surface area contributed by atoms with Gasteiger partial charge in [-0.05, 0) is 23.8 Å². The highest BCUT2D eigenvalue weighted by Gasteiger charge is 2.14.